The Morgan fingerprint density at radius 3 is 2.85 bits per heavy atom. The number of aromatic amines is 1. The number of hydrogen-bond acceptors (Lipinski definition) is 2. The number of benzene rings is 1. The van der Waals surface area contributed by atoms with Crippen LogP contribution in [0.3, 0.4) is 0 Å². The average molecular weight is 178 g/mol. The van der Waals surface area contributed by atoms with Crippen molar-refractivity contribution in [1.29, 1.82) is 0 Å². The molecular weight excluding hydrogens is 171 g/mol. The van der Waals surface area contributed by atoms with E-state index in [1.54, 1.807) is 6.07 Å². The Labute approximate surface area is 73.0 Å². The fourth-order valence-corrected chi connectivity index (χ4v) is 1.24. The van der Waals surface area contributed by atoms with Crippen LogP contribution in [0.5, 0.6) is 0 Å². The third-order valence-corrected chi connectivity index (χ3v) is 1.88. The lowest BCUT2D eigenvalue weighted by Gasteiger charge is -1.98. The lowest BCUT2D eigenvalue weighted by Crippen LogP contribution is -2.06. The first-order valence-electron chi connectivity index (χ1n) is 3.75. The van der Waals surface area contributed by atoms with Crippen molar-refractivity contribution in [1.82, 2.24) is 4.98 Å². The standard InChI is InChI=1S/C9H7FN2O/c10-8-4-12-9(13)7-3-5(11)1-2-6(7)8/h1-4H,11H2,(H,12,13). The Hall–Kier alpha value is -1.84. The fraction of sp³-hybridized carbons (Fsp3) is 0. The van der Waals surface area contributed by atoms with E-state index < -0.39 is 5.82 Å². The van der Waals surface area contributed by atoms with E-state index in [2.05, 4.69) is 4.98 Å². The van der Waals surface area contributed by atoms with Gasteiger partial charge < -0.3 is 10.7 Å². The molecule has 0 aliphatic rings. The molecule has 0 amide bonds. The van der Waals surface area contributed by atoms with Crippen molar-refractivity contribution < 1.29 is 4.39 Å². The Bertz CT molecular complexity index is 518. The van der Waals surface area contributed by atoms with E-state index in [-0.39, 0.29) is 16.3 Å². The van der Waals surface area contributed by atoms with E-state index in [9.17, 15) is 9.18 Å². The highest BCUT2D eigenvalue weighted by molar-refractivity contribution is 5.84. The van der Waals surface area contributed by atoms with Gasteiger partial charge >= 0.3 is 0 Å². The summed E-state index contributed by atoms with van der Waals surface area (Å²) in [5.41, 5.74) is 5.59. The Balaban J connectivity index is 3.01. The molecule has 0 atom stereocenters. The molecule has 3 nitrogen and oxygen atoms in total. The molecule has 3 N–H and O–H groups in total. The predicted molar refractivity (Wildman–Crippen MR) is 48.9 cm³/mol. The van der Waals surface area contributed by atoms with Gasteiger partial charge in [0, 0.05) is 17.3 Å². The molecular formula is C9H7FN2O. The van der Waals surface area contributed by atoms with Crippen molar-refractivity contribution in [2.45, 2.75) is 0 Å². The van der Waals surface area contributed by atoms with Gasteiger partial charge in [0.15, 0.2) is 0 Å². The summed E-state index contributed by atoms with van der Waals surface area (Å²) in [6, 6.07) is 4.51. The van der Waals surface area contributed by atoms with Crippen LogP contribution in [0.1, 0.15) is 0 Å². The number of nitrogen functional groups attached to an aromatic ring is 1. The van der Waals surface area contributed by atoms with Gasteiger partial charge in [0.05, 0.1) is 5.39 Å². The van der Waals surface area contributed by atoms with Crippen molar-refractivity contribution in [2.24, 2.45) is 0 Å². The van der Waals surface area contributed by atoms with Gasteiger partial charge in [-0.3, -0.25) is 4.79 Å². The van der Waals surface area contributed by atoms with E-state index in [1.807, 2.05) is 0 Å². The highest BCUT2D eigenvalue weighted by Gasteiger charge is 2.03. The molecule has 1 heterocycles. The van der Waals surface area contributed by atoms with Gasteiger partial charge in [-0.05, 0) is 18.2 Å². The van der Waals surface area contributed by atoms with E-state index >= 15 is 0 Å². The number of hydrogen-bond donors (Lipinski definition) is 2. The molecule has 1 aromatic heterocycles. The SMILES string of the molecule is Nc1ccc2c(F)c[nH]c(=O)c2c1. The normalized spacial score (nSPS) is 10.5. The minimum atomic E-state index is -0.449. The second-order valence-electron chi connectivity index (χ2n) is 2.77. The fourth-order valence-electron chi connectivity index (χ4n) is 1.24. The van der Waals surface area contributed by atoms with Crippen LogP contribution in [0.4, 0.5) is 10.1 Å². The molecule has 0 fully saturated rings. The zero-order valence-corrected chi connectivity index (χ0v) is 6.67. The van der Waals surface area contributed by atoms with Crippen LogP contribution in [-0.2, 0) is 0 Å². The van der Waals surface area contributed by atoms with Crippen LogP contribution in [0, 0.1) is 5.82 Å². The van der Waals surface area contributed by atoms with E-state index in [0.717, 1.165) is 6.20 Å². The van der Waals surface area contributed by atoms with Crippen LogP contribution in [0.15, 0.2) is 29.2 Å². The third kappa shape index (κ3) is 1.16. The van der Waals surface area contributed by atoms with Crippen LogP contribution in [0.25, 0.3) is 10.8 Å². The van der Waals surface area contributed by atoms with Gasteiger partial charge in [-0.25, -0.2) is 4.39 Å². The van der Waals surface area contributed by atoms with E-state index in [4.69, 9.17) is 5.73 Å². The minimum Gasteiger partial charge on any atom is -0.399 e. The first-order valence-corrected chi connectivity index (χ1v) is 3.75. The van der Waals surface area contributed by atoms with Crippen molar-refractivity contribution in [3.63, 3.8) is 0 Å². The van der Waals surface area contributed by atoms with Crippen molar-refractivity contribution in [3.8, 4) is 0 Å². The van der Waals surface area contributed by atoms with Crippen molar-refractivity contribution in [2.75, 3.05) is 5.73 Å². The molecule has 0 aliphatic heterocycles. The average Bonchev–Trinajstić information content (AvgIpc) is 2.12. The molecule has 2 aromatic rings. The second kappa shape index (κ2) is 2.58. The number of nitrogens with two attached hydrogens (primary N) is 1. The van der Waals surface area contributed by atoms with E-state index in [1.165, 1.54) is 12.1 Å². The summed E-state index contributed by atoms with van der Waals surface area (Å²) >= 11 is 0. The maximum Gasteiger partial charge on any atom is 0.256 e. The molecule has 4 heteroatoms. The molecule has 13 heavy (non-hydrogen) atoms. The molecule has 0 bridgehead atoms. The van der Waals surface area contributed by atoms with Gasteiger partial charge in [-0.15, -0.1) is 0 Å². The van der Waals surface area contributed by atoms with Crippen LogP contribution in [0.2, 0.25) is 0 Å². The highest BCUT2D eigenvalue weighted by atomic mass is 19.1. The summed E-state index contributed by atoms with van der Waals surface area (Å²) in [5.74, 6) is -0.449. The van der Waals surface area contributed by atoms with Crippen molar-refractivity contribution >= 4 is 16.5 Å². The molecule has 2 rings (SSSR count). The van der Waals surface area contributed by atoms with Gasteiger partial charge in [-0.2, -0.15) is 0 Å². The third-order valence-electron chi connectivity index (χ3n) is 1.88. The zero-order valence-electron chi connectivity index (χ0n) is 6.67. The maximum absolute atomic E-state index is 13.1. The molecule has 0 saturated carbocycles. The van der Waals surface area contributed by atoms with Gasteiger partial charge in [-0.1, -0.05) is 0 Å². The van der Waals surface area contributed by atoms with Crippen LogP contribution >= 0.6 is 0 Å². The number of pyridine rings is 1. The molecule has 0 unspecified atom stereocenters. The Kier molecular flexibility index (Phi) is 1.55. The number of fused-ring (bicyclic) bond motifs is 1. The number of H-pyrrole nitrogens is 1. The summed E-state index contributed by atoms with van der Waals surface area (Å²) in [6.45, 7) is 0. The lowest BCUT2D eigenvalue weighted by molar-refractivity contribution is 0.633. The van der Waals surface area contributed by atoms with Crippen LogP contribution < -0.4 is 11.3 Å². The first kappa shape index (κ1) is 7.79. The number of nitrogens with one attached hydrogen (secondary N) is 1. The number of halogens is 1. The van der Waals surface area contributed by atoms with Gasteiger partial charge in [0.2, 0.25) is 0 Å². The maximum atomic E-state index is 13.1. The van der Waals surface area contributed by atoms with Crippen molar-refractivity contribution in [3.05, 3.63) is 40.6 Å². The summed E-state index contributed by atoms with van der Waals surface area (Å²) in [7, 11) is 0. The molecule has 0 saturated heterocycles. The predicted octanol–water partition coefficient (Wildman–Crippen LogP) is 1.25. The van der Waals surface area contributed by atoms with Gasteiger partial charge in [0.25, 0.3) is 5.56 Å². The zero-order chi connectivity index (χ0) is 9.42. The number of aromatic nitrogens is 1. The molecule has 1 aromatic carbocycles. The Morgan fingerprint density at radius 2 is 2.08 bits per heavy atom. The number of rotatable bonds is 0. The smallest absolute Gasteiger partial charge is 0.256 e. The molecule has 66 valence electrons. The van der Waals surface area contributed by atoms with Gasteiger partial charge in [0.1, 0.15) is 5.82 Å². The summed E-state index contributed by atoms with van der Waals surface area (Å²) in [4.78, 5) is 13.5. The molecule has 0 spiro atoms. The molecule has 0 radical (unpaired) electrons. The quantitative estimate of drug-likeness (QED) is 0.596. The first-order chi connectivity index (χ1) is 6.18. The summed E-state index contributed by atoms with van der Waals surface area (Å²) in [5, 5.41) is 0.568. The summed E-state index contributed by atoms with van der Waals surface area (Å²) in [6.07, 6.45) is 1.04. The molecule has 0 aliphatic carbocycles. The lowest BCUT2D eigenvalue weighted by atomic mass is 10.1. The number of anilines is 1. The minimum absolute atomic E-state index is 0.278. The highest BCUT2D eigenvalue weighted by Crippen LogP contribution is 2.15. The Morgan fingerprint density at radius 1 is 1.31 bits per heavy atom. The largest absolute Gasteiger partial charge is 0.399 e. The second-order valence-corrected chi connectivity index (χ2v) is 2.77. The van der Waals surface area contributed by atoms with Crippen LogP contribution in [-0.4, -0.2) is 4.98 Å². The van der Waals surface area contributed by atoms with E-state index in [0.29, 0.717) is 5.69 Å². The monoisotopic (exact) mass is 178 g/mol. The summed E-state index contributed by atoms with van der Waals surface area (Å²) < 4.78 is 13.1. The topological polar surface area (TPSA) is 58.9 Å².